The second-order valence-electron chi connectivity index (χ2n) is 3.12. The average molecular weight is 172 g/mol. The van der Waals surface area contributed by atoms with Crippen LogP contribution in [0.25, 0.3) is 0 Å². The maximum absolute atomic E-state index is 4.40. The molecule has 0 aliphatic carbocycles. The van der Waals surface area contributed by atoms with E-state index in [4.69, 9.17) is 0 Å². The van der Waals surface area contributed by atoms with Crippen LogP contribution in [0.1, 0.15) is 0 Å². The van der Waals surface area contributed by atoms with Gasteiger partial charge in [0, 0.05) is 6.54 Å². The maximum atomic E-state index is 4.40. The fourth-order valence-electron chi connectivity index (χ4n) is 1.65. The van der Waals surface area contributed by atoms with Crippen molar-refractivity contribution in [3.63, 3.8) is 0 Å². The first kappa shape index (κ1) is 6.77. The summed E-state index contributed by atoms with van der Waals surface area (Å²) in [5.74, 6) is 0.792. The molecule has 3 heterocycles. The van der Waals surface area contributed by atoms with E-state index in [-0.39, 0.29) is 0 Å². The molecule has 13 heavy (non-hydrogen) atoms. The molecule has 0 saturated heterocycles. The van der Waals surface area contributed by atoms with E-state index in [0.717, 1.165) is 30.3 Å². The number of aliphatic imine (C=N–C) groups is 1. The summed E-state index contributed by atoms with van der Waals surface area (Å²) >= 11 is 0. The second kappa shape index (κ2) is 2.39. The molecule has 0 fully saturated rings. The molecule has 0 aromatic carbocycles. The van der Waals surface area contributed by atoms with Crippen LogP contribution in [0.4, 0.5) is 11.5 Å². The highest BCUT2D eigenvalue weighted by Gasteiger charge is 2.20. The number of hydrogen-bond acceptors (Lipinski definition) is 4. The Hall–Kier alpha value is -1.71. The summed E-state index contributed by atoms with van der Waals surface area (Å²) in [4.78, 5) is 14.7. The highest BCUT2D eigenvalue weighted by atomic mass is 15.2. The molecule has 4 heteroatoms. The van der Waals surface area contributed by atoms with Crippen molar-refractivity contribution in [2.24, 2.45) is 4.99 Å². The Bertz CT molecular complexity index is 408. The third-order valence-electron chi connectivity index (χ3n) is 2.25. The largest absolute Gasteiger partial charge is 0.358 e. The first-order chi connectivity index (χ1) is 6.43. The lowest BCUT2D eigenvalue weighted by Crippen LogP contribution is -2.35. The molecule has 2 bridgehead atoms. The molecule has 0 saturated carbocycles. The van der Waals surface area contributed by atoms with E-state index in [2.05, 4.69) is 32.0 Å². The van der Waals surface area contributed by atoms with Crippen LogP contribution in [0.3, 0.4) is 0 Å². The van der Waals surface area contributed by atoms with E-state index in [1.165, 1.54) is 6.33 Å². The summed E-state index contributed by atoms with van der Waals surface area (Å²) in [5.41, 5.74) is 2.12. The van der Waals surface area contributed by atoms with Crippen LogP contribution in [-0.2, 0) is 0 Å². The maximum Gasteiger partial charge on any atom is 0.179 e. The zero-order valence-electron chi connectivity index (χ0n) is 7.01. The van der Waals surface area contributed by atoms with Crippen molar-refractivity contribution in [1.29, 1.82) is 0 Å². The molecule has 0 amide bonds. The van der Waals surface area contributed by atoms with Gasteiger partial charge in [0.25, 0.3) is 0 Å². The summed E-state index contributed by atoms with van der Waals surface area (Å²) in [6.07, 6.45) is 7.52. The van der Waals surface area contributed by atoms with Gasteiger partial charge in [-0.1, -0.05) is 6.08 Å². The number of fused-ring (bicyclic) bond motifs is 4. The highest BCUT2D eigenvalue weighted by molar-refractivity contribution is 6.03. The average Bonchev–Trinajstić information content (AvgIpc) is 2.18. The minimum atomic E-state index is 0.792. The topological polar surface area (TPSA) is 41.4 Å². The highest BCUT2D eigenvalue weighted by Crippen LogP contribution is 2.29. The molecule has 0 unspecified atom stereocenters. The Morgan fingerprint density at radius 1 is 1.38 bits per heavy atom. The summed E-state index contributed by atoms with van der Waals surface area (Å²) in [6.45, 7) is 1.82. The fraction of sp³-hybridized carbons (Fsp3) is 0.222. The zero-order valence-corrected chi connectivity index (χ0v) is 7.01. The molecule has 0 N–H and O–H groups in total. The number of nitrogens with zero attached hydrogens (tertiary/aromatic N) is 4. The number of aromatic nitrogens is 2. The van der Waals surface area contributed by atoms with Crippen molar-refractivity contribution in [3.8, 4) is 0 Å². The van der Waals surface area contributed by atoms with Gasteiger partial charge >= 0.3 is 0 Å². The van der Waals surface area contributed by atoms with Crippen molar-refractivity contribution in [2.45, 2.75) is 0 Å². The van der Waals surface area contributed by atoms with Crippen LogP contribution < -0.4 is 4.90 Å². The van der Waals surface area contributed by atoms with Crippen molar-refractivity contribution in [3.05, 3.63) is 24.7 Å². The van der Waals surface area contributed by atoms with E-state index < -0.39 is 0 Å². The van der Waals surface area contributed by atoms with Crippen molar-refractivity contribution in [2.75, 3.05) is 18.0 Å². The SMILES string of the molecule is C1=CC2=Nc3ncncc3N(C1)C2. The smallest absolute Gasteiger partial charge is 0.179 e. The molecule has 0 radical (unpaired) electrons. The first-order valence-corrected chi connectivity index (χ1v) is 4.22. The summed E-state index contributed by atoms with van der Waals surface area (Å²) in [7, 11) is 0. The molecule has 3 rings (SSSR count). The Balaban J connectivity index is 2.23. The zero-order chi connectivity index (χ0) is 8.67. The number of rotatable bonds is 0. The second-order valence-corrected chi connectivity index (χ2v) is 3.12. The molecule has 0 spiro atoms. The Morgan fingerprint density at radius 2 is 2.38 bits per heavy atom. The molecule has 2 aliphatic rings. The minimum Gasteiger partial charge on any atom is -0.358 e. The van der Waals surface area contributed by atoms with Gasteiger partial charge in [0.05, 0.1) is 18.5 Å². The molecule has 1 aromatic heterocycles. The summed E-state index contributed by atoms with van der Waals surface area (Å²) < 4.78 is 0. The van der Waals surface area contributed by atoms with Crippen LogP contribution in [0, 0.1) is 0 Å². The van der Waals surface area contributed by atoms with Crippen LogP contribution in [0.5, 0.6) is 0 Å². The number of hydrogen-bond donors (Lipinski definition) is 0. The molecule has 4 nitrogen and oxygen atoms in total. The minimum absolute atomic E-state index is 0.792. The summed E-state index contributed by atoms with van der Waals surface area (Å²) in [5, 5.41) is 0. The lowest BCUT2D eigenvalue weighted by Gasteiger charge is -2.29. The molecule has 2 aliphatic heterocycles. The lowest BCUT2D eigenvalue weighted by molar-refractivity contribution is 0.923. The monoisotopic (exact) mass is 172 g/mol. The Kier molecular flexibility index (Phi) is 1.24. The third-order valence-corrected chi connectivity index (χ3v) is 2.25. The first-order valence-electron chi connectivity index (χ1n) is 4.22. The van der Waals surface area contributed by atoms with Gasteiger partial charge < -0.3 is 4.90 Å². The molecule has 0 atom stereocenters. The van der Waals surface area contributed by atoms with E-state index in [0.29, 0.717) is 0 Å². The van der Waals surface area contributed by atoms with Gasteiger partial charge in [0.15, 0.2) is 5.82 Å². The lowest BCUT2D eigenvalue weighted by atomic mass is 10.2. The van der Waals surface area contributed by atoms with Crippen molar-refractivity contribution in [1.82, 2.24) is 9.97 Å². The van der Waals surface area contributed by atoms with Gasteiger partial charge in [-0.3, -0.25) is 0 Å². The van der Waals surface area contributed by atoms with Gasteiger partial charge in [-0.15, -0.1) is 0 Å². The van der Waals surface area contributed by atoms with Crippen molar-refractivity contribution >= 4 is 17.2 Å². The molecule has 1 aromatic rings. The van der Waals surface area contributed by atoms with Gasteiger partial charge in [-0.2, -0.15) is 0 Å². The van der Waals surface area contributed by atoms with Crippen LogP contribution in [0.2, 0.25) is 0 Å². The predicted octanol–water partition coefficient (Wildman–Crippen LogP) is 0.939. The third kappa shape index (κ3) is 0.950. The van der Waals surface area contributed by atoms with Crippen LogP contribution in [-0.4, -0.2) is 28.8 Å². The normalized spacial score (nSPS) is 18.2. The number of anilines is 1. The fourth-order valence-corrected chi connectivity index (χ4v) is 1.65. The quantitative estimate of drug-likeness (QED) is 0.584. The van der Waals surface area contributed by atoms with Crippen LogP contribution >= 0.6 is 0 Å². The predicted molar refractivity (Wildman–Crippen MR) is 50.5 cm³/mol. The molecular weight excluding hydrogens is 164 g/mol. The van der Waals surface area contributed by atoms with Gasteiger partial charge in [0.1, 0.15) is 12.0 Å². The van der Waals surface area contributed by atoms with Gasteiger partial charge in [0.2, 0.25) is 0 Å². The van der Waals surface area contributed by atoms with Crippen LogP contribution in [0.15, 0.2) is 29.7 Å². The van der Waals surface area contributed by atoms with E-state index >= 15 is 0 Å². The molecule has 64 valence electrons. The van der Waals surface area contributed by atoms with Gasteiger partial charge in [-0.25, -0.2) is 15.0 Å². The van der Waals surface area contributed by atoms with E-state index in [9.17, 15) is 0 Å². The Morgan fingerprint density at radius 3 is 3.38 bits per heavy atom. The van der Waals surface area contributed by atoms with Gasteiger partial charge in [-0.05, 0) is 6.08 Å². The molecular formula is C9H8N4. The standard InChI is InChI=1S/C9H8N4/c1-2-7-5-13(3-1)8-4-10-6-11-9(8)12-7/h1-2,4,6H,3,5H2. The van der Waals surface area contributed by atoms with E-state index in [1.807, 2.05) is 6.20 Å². The van der Waals surface area contributed by atoms with E-state index in [1.54, 1.807) is 0 Å². The van der Waals surface area contributed by atoms with Crippen molar-refractivity contribution < 1.29 is 0 Å². The Labute approximate surface area is 75.6 Å². The summed E-state index contributed by atoms with van der Waals surface area (Å²) in [6, 6.07) is 0.